The van der Waals surface area contributed by atoms with E-state index < -0.39 is 0 Å². The first-order valence-electron chi connectivity index (χ1n) is 7.70. The summed E-state index contributed by atoms with van der Waals surface area (Å²) in [7, 11) is 0. The van der Waals surface area contributed by atoms with Crippen molar-refractivity contribution < 1.29 is 9.53 Å². The second kappa shape index (κ2) is 5.81. The molecule has 2 aliphatic heterocycles. The normalized spacial score (nSPS) is 21.9. The van der Waals surface area contributed by atoms with Crippen LogP contribution in [0.5, 0.6) is 5.75 Å². The van der Waals surface area contributed by atoms with Crippen LogP contribution < -0.4 is 4.74 Å². The molecule has 0 radical (unpaired) electrons. The van der Waals surface area contributed by atoms with E-state index in [-0.39, 0.29) is 24.6 Å². The molecule has 23 heavy (non-hydrogen) atoms. The molecule has 5 nitrogen and oxygen atoms in total. The molecular formula is C17H16ClN3O2. The molecular weight excluding hydrogens is 314 g/mol. The Hall–Kier alpha value is -2.14. The van der Waals surface area contributed by atoms with Crippen LogP contribution >= 0.6 is 11.6 Å². The lowest BCUT2D eigenvalue weighted by atomic mass is 9.99. The van der Waals surface area contributed by atoms with E-state index in [9.17, 15) is 4.79 Å². The Morgan fingerprint density at radius 3 is 2.96 bits per heavy atom. The van der Waals surface area contributed by atoms with Crippen molar-refractivity contribution in [2.75, 3.05) is 6.61 Å². The van der Waals surface area contributed by atoms with Crippen molar-refractivity contribution in [3.8, 4) is 5.75 Å². The monoisotopic (exact) mass is 329 g/mol. The van der Waals surface area contributed by atoms with Crippen LogP contribution in [0.4, 0.5) is 0 Å². The first-order valence-corrected chi connectivity index (χ1v) is 8.08. The molecule has 1 saturated heterocycles. The molecule has 2 atom stereocenters. The van der Waals surface area contributed by atoms with Gasteiger partial charge >= 0.3 is 0 Å². The molecule has 4 rings (SSSR count). The van der Waals surface area contributed by atoms with E-state index in [0.29, 0.717) is 10.8 Å². The van der Waals surface area contributed by atoms with E-state index in [1.165, 1.54) is 0 Å². The second-order valence-electron chi connectivity index (χ2n) is 5.92. The summed E-state index contributed by atoms with van der Waals surface area (Å²) in [6.45, 7) is 0.0393. The number of rotatable bonds is 3. The summed E-state index contributed by atoms with van der Waals surface area (Å²) in [4.78, 5) is 23.1. The molecule has 2 unspecified atom stereocenters. The highest BCUT2D eigenvalue weighted by atomic mass is 35.5. The van der Waals surface area contributed by atoms with E-state index in [1.54, 1.807) is 30.6 Å². The van der Waals surface area contributed by atoms with Gasteiger partial charge in [-0.15, -0.1) is 0 Å². The van der Waals surface area contributed by atoms with E-state index in [0.717, 1.165) is 30.5 Å². The van der Waals surface area contributed by atoms with Gasteiger partial charge in [-0.25, -0.2) is 9.97 Å². The SMILES string of the molecule is O=C(COc1ccc(Cl)cc1)N1C2CCC1c1cncnc1C2. The number of hydrogen-bond acceptors (Lipinski definition) is 4. The van der Waals surface area contributed by atoms with Crippen LogP contribution in [0.25, 0.3) is 0 Å². The summed E-state index contributed by atoms with van der Waals surface area (Å²) in [5.74, 6) is 0.665. The van der Waals surface area contributed by atoms with E-state index >= 15 is 0 Å². The zero-order valence-corrected chi connectivity index (χ0v) is 13.2. The predicted molar refractivity (Wildman–Crippen MR) is 85.3 cm³/mol. The number of amides is 1. The average Bonchev–Trinajstić information content (AvgIpc) is 2.89. The molecule has 1 aromatic heterocycles. The zero-order valence-electron chi connectivity index (χ0n) is 12.5. The first kappa shape index (κ1) is 14.5. The minimum Gasteiger partial charge on any atom is -0.484 e. The van der Waals surface area contributed by atoms with Crippen LogP contribution in [0.2, 0.25) is 5.02 Å². The Labute approximate surface area is 139 Å². The highest BCUT2D eigenvalue weighted by Crippen LogP contribution is 2.42. The fourth-order valence-electron chi connectivity index (χ4n) is 3.55. The molecule has 1 aromatic carbocycles. The Balaban J connectivity index is 1.48. The van der Waals surface area contributed by atoms with Gasteiger partial charge in [0.15, 0.2) is 6.61 Å². The summed E-state index contributed by atoms with van der Waals surface area (Å²) in [5, 5.41) is 0.648. The van der Waals surface area contributed by atoms with Crippen LogP contribution in [0, 0.1) is 0 Å². The molecule has 0 N–H and O–H groups in total. The molecule has 118 valence electrons. The molecule has 0 saturated carbocycles. The molecule has 1 fully saturated rings. The van der Waals surface area contributed by atoms with Gasteiger partial charge in [0.25, 0.3) is 5.91 Å². The number of ether oxygens (including phenoxy) is 1. The fourth-order valence-corrected chi connectivity index (χ4v) is 3.68. The van der Waals surface area contributed by atoms with Crippen molar-refractivity contribution in [3.05, 3.63) is 53.1 Å². The minimum atomic E-state index is 0.0157. The lowest BCUT2D eigenvalue weighted by Gasteiger charge is -2.35. The number of carbonyl (C=O) groups excluding carboxylic acids is 1. The van der Waals surface area contributed by atoms with E-state index in [1.807, 2.05) is 11.1 Å². The van der Waals surface area contributed by atoms with Crippen molar-refractivity contribution in [1.29, 1.82) is 0 Å². The molecule has 2 aromatic rings. The summed E-state index contributed by atoms with van der Waals surface area (Å²) in [6.07, 6.45) is 6.21. The molecule has 1 amide bonds. The Morgan fingerprint density at radius 2 is 2.13 bits per heavy atom. The minimum absolute atomic E-state index is 0.0157. The third-order valence-electron chi connectivity index (χ3n) is 4.58. The third kappa shape index (κ3) is 2.65. The lowest BCUT2D eigenvalue weighted by Crippen LogP contribution is -2.44. The van der Waals surface area contributed by atoms with Gasteiger partial charge in [0, 0.05) is 29.2 Å². The van der Waals surface area contributed by atoms with Crippen molar-refractivity contribution in [2.24, 2.45) is 0 Å². The number of hydrogen-bond donors (Lipinski definition) is 0. The standard InChI is InChI=1S/C17H16ClN3O2/c18-11-1-4-13(5-2-11)23-9-17(22)21-12-3-6-16(21)14-8-19-10-20-15(14)7-12/h1-2,4-5,8,10,12,16H,3,6-7,9H2. The van der Waals surface area contributed by atoms with Crippen LogP contribution in [0.3, 0.4) is 0 Å². The smallest absolute Gasteiger partial charge is 0.261 e. The van der Waals surface area contributed by atoms with Crippen LogP contribution in [0.15, 0.2) is 36.8 Å². The average molecular weight is 330 g/mol. The number of halogens is 1. The summed E-state index contributed by atoms with van der Waals surface area (Å²) >= 11 is 5.85. The molecule has 6 heteroatoms. The summed E-state index contributed by atoms with van der Waals surface area (Å²) < 4.78 is 5.61. The van der Waals surface area contributed by atoms with Gasteiger partial charge in [0.05, 0.1) is 11.7 Å². The van der Waals surface area contributed by atoms with Gasteiger partial charge in [-0.2, -0.15) is 0 Å². The Kier molecular flexibility index (Phi) is 3.65. The van der Waals surface area contributed by atoms with Gasteiger partial charge in [0.2, 0.25) is 0 Å². The number of aromatic nitrogens is 2. The maximum absolute atomic E-state index is 12.6. The topological polar surface area (TPSA) is 55.3 Å². The number of carbonyl (C=O) groups is 1. The van der Waals surface area contributed by atoms with Crippen LogP contribution in [-0.4, -0.2) is 33.4 Å². The van der Waals surface area contributed by atoms with E-state index in [2.05, 4.69) is 9.97 Å². The molecule has 0 spiro atoms. The molecule has 3 heterocycles. The van der Waals surface area contributed by atoms with Crippen molar-refractivity contribution in [1.82, 2.24) is 14.9 Å². The molecule has 0 aliphatic carbocycles. The van der Waals surface area contributed by atoms with Gasteiger partial charge in [-0.3, -0.25) is 4.79 Å². The van der Waals surface area contributed by atoms with Gasteiger partial charge in [-0.1, -0.05) is 11.6 Å². The highest BCUT2D eigenvalue weighted by Gasteiger charge is 2.43. The first-order chi connectivity index (χ1) is 11.2. The number of fused-ring (bicyclic) bond motifs is 4. The maximum Gasteiger partial charge on any atom is 0.261 e. The number of benzene rings is 1. The largest absolute Gasteiger partial charge is 0.484 e. The van der Waals surface area contributed by atoms with E-state index in [4.69, 9.17) is 16.3 Å². The summed E-state index contributed by atoms with van der Waals surface area (Å²) in [5.41, 5.74) is 2.16. The molecule has 2 aliphatic rings. The van der Waals surface area contributed by atoms with Crippen LogP contribution in [-0.2, 0) is 11.2 Å². The maximum atomic E-state index is 12.6. The van der Waals surface area contributed by atoms with Gasteiger partial charge < -0.3 is 9.64 Å². The fraction of sp³-hybridized carbons (Fsp3) is 0.353. The lowest BCUT2D eigenvalue weighted by molar-refractivity contribution is -0.137. The van der Waals surface area contributed by atoms with Crippen molar-refractivity contribution >= 4 is 17.5 Å². The van der Waals surface area contributed by atoms with Gasteiger partial charge in [0.1, 0.15) is 12.1 Å². The zero-order chi connectivity index (χ0) is 15.8. The Morgan fingerprint density at radius 1 is 1.30 bits per heavy atom. The van der Waals surface area contributed by atoms with Crippen molar-refractivity contribution in [2.45, 2.75) is 31.3 Å². The summed E-state index contributed by atoms with van der Waals surface area (Å²) in [6, 6.07) is 7.35. The molecule has 2 bridgehead atoms. The van der Waals surface area contributed by atoms with Crippen molar-refractivity contribution in [3.63, 3.8) is 0 Å². The van der Waals surface area contributed by atoms with Gasteiger partial charge in [-0.05, 0) is 37.1 Å². The third-order valence-corrected chi connectivity index (χ3v) is 4.83. The van der Waals surface area contributed by atoms with Crippen LogP contribution in [0.1, 0.15) is 30.1 Å². The number of nitrogens with zero attached hydrogens (tertiary/aromatic N) is 3. The predicted octanol–water partition coefficient (Wildman–Crippen LogP) is 2.80. The quantitative estimate of drug-likeness (QED) is 0.869. The highest BCUT2D eigenvalue weighted by molar-refractivity contribution is 6.30. The second-order valence-corrected chi connectivity index (χ2v) is 6.36. The Bertz CT molecular complexity index is 735.